The molecule has 21 heavy (non-hydrogen) atoms. The zero-order valence-corrected chi connectivity index (χ0v) is 13.5. The van der Waals surface area contributed by atoms with Crippen molar-refractivity contribution in [1.82, 2.24) is 10.6 Å². The minimum atomic E-state index is 0. The molecule has 1 saturated heterocycles. The van der Waals surface area contributed by atoms with Crippen molar-refractivity contribution in [3.63, 3.8) is 0 Å². The van der Waals surface area contributed by atoms with Crippen LogP contribution in [-0.2, 0) is 11.2 Å². The highest BCUT2D eigenvalue weighted by molar-refractivity contribution is 5.85. The summed E-state index contributed by atoms with van der Waals surface area (Å²) in [5.74, 6) is 0.188. The first-order valence-electron chi connectivity index (χ1n) is 7.91. The standard InChI is InChI=1S/C17H26N2O.ClH/c20-17(16-12-6-8-13-18-16)19-14-7-2-5-11-15-9-3-1-4-10-15;/h1,3-4,9-10,16,18H,2,5-8,11-14H2,(H,19,20);1H. The van der Waals surface area contributed by atoms with Crippen LogP contribution in [0.25, 0.3) is 0 Å². The largest absolute Gasteiger partial charge is 0.355 e. The number of hydrogen-bond acceptors (Lipinski definition) is 2. The molecule has 0 aliphatic carbocycles. The topological polar surface area (TPSA) is 41.1 Å². The van der Waals surface area contributed by atoms with Crippen LogP contribution < -0.4 is 10.6 Å². The van der Waals surface area contributed by atoms with E-state index >= 15 is 0 Å². The summed E-state index contributed by atoms with van der Waals surface area (Å²) in [6.45, 7) is 1.79. The van der Waals surface area contributed by atoms with Crippen LogP contribution in [0.2, 0.25) is 0 Å². The van der Waals surface area contributed by atoms with Crippen molar-refractivity contribution in [2.24, 2.45) is 0 Å². The first kappa shape index (κ1) is 18.0. The molecule has 118 valence electrons. The van der Waals surface area contributed by atoms with Gasteiger partial charge in [0.25, 0.3) is 0 Å². The predicted octanol–water partition coefficient (Wildman–Crippen LogP) is 3.08. The van der Waals surface area contributed by atoms with Gasteiger partial charge in [-0.05, 0) is 44.2 Å². The Hall–Kier alpha value is -1.06. The van der Waals surface area contributed by atoms with Crippen molar-refractivity contribution in [3.8, 4) is 0 Å². The highest BCUT2D eigenvalue weighted by atomic mass is 35.5. The van der Waals surface area contributed by atoms with Gasteiger partial charge in [0, 0.05) is 6.54 Å². The highest BCUT2D eigenvalue weighted by Gasteiger charge is 2.19. The summed E-state index contributed by atoms with van der Waals surface area (Å²) in [5.41, 5.74) is 1.41. The van der Waals surface area contributed by atoms with E-state index in [-0.39, 0.29) is 24.4 Å². The number of unbranched alkanes of at least 4 members (excludes halogenated alkanes) is 2. The maximum Gasteiger partial charge on any atom is 0.237 e. The third kappa shape index (κ3) is 6.96. The molecule has 4 heteroatoms. The van der Waals surface area contributed by atoms with E-state index in [2.05, 4.69) is 41.0 Å². The Morgan fingerprint density at radius 1 is 1.14 bits per heavy atom. The SMILES string of the molecule is Cl.O=C(NCCCCCc1ccccc1)C1CCCCN1. The Morgan fingerprint density at radius 2 is 1.95 bits per heavy atom. The third-order valence-electron chi connectivity index (χ3n) is 3.91. The fourth-order valence-electron chi connectivity index (χ4n) is 2.69. The predicted molar refractivity (Wildman–Crippen MR) is 89.9 cm³/mol. The van der Waals surface area contributed by atoms with Crippen LogP contribution in [0.1, 0.15) is 44.1 Å². The fourth-order valence-corrected chi connectivity index (χ4v) is 2.69. The van der Waals surface area contributed by atoms with Gasteiger partial charge in [-0.3, -0.25) is 4.79 Å². The summed E-state index contributed by atoms with van der Waals surface area (Å²) in [7, 11) is 0. The monoisotopic (exact) mass is 310 g/mol. The highest BCUT2D eigenvalue weighted by Crippen LogP contribution is 2.07. The Kier molecular flexibility index (Phi) is 9.11. The lowest BCUT2D eigenvalue weighted by Crippen LogP contribution is -2.46. The molecule has 1 heterocycles. The lowest BCUT2D eigenvalue weighted by molar-refractivity contribution is -0.123. The number of carbonyl (C=O) groups is 1. The Balaban J connectivity index is 0.00000220. The van der Waals surface area contributed by atoms with Crippen molar-refractivity contribution in [3.05, 3.63) is 35.9 Å². The van der Waals surface area contributed by atoms with E-state index in [1.807, 2.05) is 0 Å². The van der Waals surface area contributed by atoms with Gasteiger partial charge in [-0.25, -0.2) is 0 Å². The van der Waals surface area contributed by atoms with Crippen LogP contribution in [0.3, 0.4) is 0 Å². The number of halogens is 1. The molecular weight excluding hydrogens is 284 g/mol. The van der Waals surface area contributed by atoms with Crippen LogP contribution in [0.5, 0.6) is 0 Å². The van der Waals surface area contributed by atoms with E-state index in [1.165, 1.54) is 31.2 Å². The van der Waals surface area contributed by atoms with Gasteiger partial charge in [0.05, 0.1) is 6.04 Å². The summed E-state index contributed by atoms with van der Waals surface area (Å²) < 4.78 is 0. The smallest absolute Gasteiger partial charge is 0.237 e. The van der Waals surface area contributed by atoms with Crippen molar-refractivity contribution >= 4 is 18.3 Å². The molecule has 0 spiro atoms. The van der Waals surface area contributed by atoms with E-state index in [0.29, 0.717) is 0 Å². The molecular formula is C17H27ClN2O. The minimum Gasteiger partial charge on any atom is -0.355 e. The van der Waals surface area contributed by atoms with E-state index in [9.17, 15) is 4.79 Å². The molecule has 0 bridgehead atoms. The average Bonchev–Trinajstić information content (AvgIpc) is 2.52. The molecule has 1 aliphatic heterocycles. The number of nitrogens with one attached hydrogen (secondary N) is 2. The van der Waals surface area contributed by atoms with Gasteiger partial charge in [-0.15, -0.1) is 12.4 Å². The maximum atomic E-state index is 11.9. The second-order valence-electron chi connectivity index (χ2n) is 5.59. The van der Waals surface area contributed by atoms with E-state index in [4.69, 9.17) is 0 Å². The van der Waals surface area contributed by atoms with Crippen molar-refractivity contribution in [2.75, 3.05) is 13.1 Å². The van der Waals surface area contributed by atoms with E-state index < -0.39 is 0 Å². The summed E-state index contributed by atoms with van der Waals surface area (Å²) in [5, 5.41) is 6.33. The second kappa shape index (κ2) is 10.6. The van der Waals surface area contributed by atoms with E-state index in [1.54, 1.807) is 0 Å². The summed E-state index contributed by atoms with van der Waals surface area (Å²) in [4.78, 5) is 11.9. The fraction of sp³-hybridized carbons (Fsp3) is 0.588. The van der Waals surface area contributed by atoms with Gasteiger partial charge in [-0.1, -0.05) is 43.2 Å². The van der Waals surface area contributed by atoms with Gasteiger partial charge in [0.15, 0.2) is 0 Å². The first-order valence-corrected chi connectivity index (χ1v) is 7.91. The zero-order valence-electron chi connectivity index (χ0n) is 12.6. The molecule has 3 nitrogen and oxygen atoms in total. The van der Waals surface area contributed by atoms with Crippen LogP contribution >= 0.6 is 12.4 Å². The van der Waals surface area contributed by atoms with E-state index in [0.717, 1.165) is 32.4 Å². The molecule has 1 aromatic rings. The lowest BCUT2D eigenvalue weighted by Gasteiger charge is -2.22. The molecule has 1 aliphatic rings. The molecule has 1 amide bonds. The molecule has 1 unspecified atom stereocenters. The van der Waals surface area contributed by atoms with Gasteiger partial charge in [0.1, 0.15) is 0 Å². The molecule has 0 saturated carbocycles. The number of rotatable bonds is 7. The minimum absolute atomic E-state index is 0. The Labute approximate surface area is 134 Å². The molecule has 2 N–H and O–H groups in total. The van der Waals surface area contributed by atoms with Gasteiger partial charge < -0.3 is 10.6 Å². The van der Waals surface area contributed by atoms with Gasteiger partial charge >= 0.3 is 0 Å². The number of hydrogen-bond donors (Lipinski definition) is 2. The first-order chi connectivity index (χ1) is 9.86. The average molecular weight is 311 g/mol. The molecule has 1 fully saturated rings. The molecule has 0 aromatic heterocycles. The number of amides is 1. The van der Waals surface area contributed by atoms with Gasteiger partial charge in [-0.2, -0.15) is 0 Å². The van der Waals surface area contributed by atoms with Crippen molar-refractivity contribution in [2.45, 2.75) is 51.0 Å². The Bertz CT molecular complexity index is 391. The third-order valence-corrected chi connectivity index (χ3v) is 3.91. The summed E-state index contributed by atoms with van der Waals surface area (Å²) >= 11 is 0. The van der Waals surface area contributed by atoms with Crippen LogP contribution in [-0.4, -0.2) is 25.0 Å². The summed E-state index contributed by atoms with van der Waals surface area (Å²) in [6.07, 6.45) is 7.93. The Morgan fingerprint density at radius 3 is 2.67 bits per heavy atom. The van der Waals surface area contributed by atoms with Crippen molar-refractivity contribution < 1.29 is 4.79 Å². The quantitative estimate of drug-likeness (QED) is 0.760. The number of piperidine rings is 1. The maximum absolute atomic E-state index is 11.9. The molecule has 0 radical (unpaired) electrons. The number of benzene rings is 1. The second-order valence-corrected chi connectivity index (χ2v) is 5.59. The number of carbonyl (C=O) groups excluding carboxylic acids is 1. The van der Waals surface area contributed by atoms with Crippen molar-refractivity contribution in [1.29, 1.82) is 0 Å². The summed E-state index contributed by atoms with van der Waals surface area (Å²) in [6, 6.07) is 10.6. The molecule has 1 aromatic carbocycles. The van der Waals surface area contributed by atoms with Crippen LogP contribution in [0.15, 0.2) is 30.3 Å². The number of aryl methyl sites for hydroxylation is 1. The molecule has 1 atom stereocenters. The molecule has 2 rings (SSSR count). The van der Waals surface area contributed by atoms with Crippen LogP contribution in [0.4, 0.5) is 0 Å². The normalized spacial score (nSPS) is 17.8. The zero-order chi connectivity index (χ0) is 14.0. The lowest BCUT2D eigenvalue weighted by atomic mass is 10.0. The van der Waals surface area contributed by atoms with Crippen LogP contribution in [0, 0.1) is 0 Å². The van der Waals surface area contributed by atoms with Gasteiger partial charge in [0.2, 0.25) is 5.91 Å².